The molecule has 4 heteroatoms. The molecule has 0 heterocycles. The normalized spacial score (nSPS) is 12.4. The molecule has 4 nitrogen and oxygen atoms in total. The van der Waals surface area contributed by atoms with E-state index in [1.54, 1.807) is 0 Å². The summed E-state index contributed by atoms with van der Waals surface area (Å²) in [5.74, 6) is -0.807. The number of aliphatic carboxylic acids is 1. The minimum atomic E-state index is -0.727. The largest absolute Gasteiger partial charge is 0.481 e. The molecule has 0 saturated heterocycles. The van der Waals surface area contributed by atoms with Gasteiger partial charge in [-0.05, 0) is 38.2 Å². The summed E-state index contributed by atoms with van der Waals surface area (Å²) in [4.78, 5) is 22.7. The summed E-state index contributed by atoms with van der Waals surface area (Å²) in [7, 11) is 0. The number of carboxylic acids is 1. The molecule has 0 saturated carbocycles. The van der Waals surface area contributed by atoms with Gasteiger partial charge in [0.25, 0.3) is 0 Å². The zero-order valence-electron chi connectivity index (χ0n) is 18.4. The molecule has 1 atom stereocenters. The van der Waals surface area contributed by atoms with Crippen molar-refractivity contribution in [1.29, 1.82) is 0 Å². The summed E-state index contributed by atoms with van der Waals surface area (Å²) in [6.07, 6.45) is 21.1. The molecule has 0 aromatic carbocycles. The molecule has 0 aliphatic heterocycles. The minimum absolute atomic E-state index is 0.0805. The number of ether oxygens (including phenoxy) is 1. The number of hydrogen-bond donors (Lipinski definition) is 1. The van der Waals surface area contributed by atoms with Crippen molar-refractivity contribution in [2.24, 2.45) is 0 Å². The van der Waals surface area contributed by atoms with E-state index in [2.05, 4.69) is 19.9 Å². The number of carbonyl (C=O) groups is 2. The first-order valence-corrected chi connectivity index (χ1v) is 11.7. The molecule has 0 aliphatic carbocycles. The number of allylic oxidation sites excluding steroid dienone is 1. The van der Waals surface area contributed by atoms with Crippen LogP contribution in [0.3, 0.4) is 0 Å². The average Bonchev–Trinajstić information content (AvgIpc) is 2.66. The second kappa shape index (κ2) is 20.4. The molecular formula is C24H44O4. The molecular weight excluding hydrogens is 352 g/mol. The number of rotatable bonds is 20. The number of carboxylic acid groups (broad SMARTS) is 1. The topological polar surface area (TPSA) is 63.6 Å². The maximum atomic E-state index is 12.1. The van der Waals surface area contributed by atoms with Gasteiger partial charge in [-0.2, -0.15) is 0 Å². The van der Waals surface area contributed by atoms with Crippen LogP contribution in [-0.2, 0) is 14.3 Å². The van der Waals surface area contributed by atoms with Gasteiger partial charge in [0.15, 0.2) is 0 Å². The maximum Gasteiger partial charge on any atom is 0.306 e. The molecule has 1 N–H and O–H groups in total. The highest BCUT2D eigenvalue weighted by molar-refractivity contribution is 5.69. The maximum absolute atomic E-state index is 12.1. The minimum Gasteiger partial charge on any atom is -0.481 e. The van der Waals surface area contributed by atoms with Gasteiger partial charge in [-0.1, -0.05) is 84.1 Å². The van der Waals surface area contributed by atoms with E-state index in [-0.39, 0.29) is 18.5 Å². The monoisotopic (exact) mass is 396 g/mol. The van der Waals surface area contributed by atoms with Crippen LogP contribution in [0.25, 0.3) is 0 Å². The molecule has 0 radical (unpaired) electrons. The van der Waals surface area contributed by atoms with Gasteiger partial charge in [0.05, 0.1) is 0 Å². The zero-order chi connectivity index (χ0) is 20.9. The second-order valence-corrected chi connectivity index (χ2v) is 7.82. The van der Waals surface area contributed by atoms with E-state index < -0.39 is 5.97 Å². The Morgan fingerprint density at radius 1 is 0.786 bits per heavy atom. The number of unbranched alkanes of at least 4 members (excludes halogenated alkanes) is 11. The van der Waals surface area contributed by atoms with E-state index in [0.29, 0.717) is 6.42 Å². The van der Waals surface area contributed by atoms with Crippen molar-refractivity contribution in [2.75, 3.05) is 0 Å². The third kappa shape index (κ3) is 19.4. The first-order chi connectivity index (χ1) is 13.6. The van der Waals surface area contributed by atoms with E-state index in [1.807, 2.05) is 6.08 Å². The van der Waals surface area contributed by atoms with Crippen LogP contribution in [0.2, 0.25) is 0 Å². The Labute approximate surface area is 173 Å². The summed E-state index contributed by atoms with van der Waals surface area (Å²) in [6, 6.07) is 0. The quantitative estimate of drug-likeness (QED) is 0.134. The van der Waals surface area contributed by atoms with Crippen LogP contribution >= 0.6 is 0 Å². The lowest BCUT2D eigenvalue weighted by Gasteiger charge is -2.14. The summed E-state index contributed by atoms with van der Waals surface area (Å²) >= 11 is 0. The Bertz CT molecular complexity index is 403. The van der Waals surface area contributed by atoms with E-state index in [1.165, 1.54) is 38.5 Å². The van der Waals surface area contributed by atoms with Gasteiger partial charge < -0.3 is 9.84 Å². The van der Waals surface area contributed by atoms with Gasteiger partial charge in [0.1, 0.15) is 6.10 Å². The molecule has 0 aromatic heterocycles. The average molecular weight is 397 g/mol. The first kappa shape index (κ1) is 26.7. The van der Waals surface area contributed by atoms with Crippen molar-refractivity contribution in [3.63, 3.8) is 0 Å². The van der Waals surface area contributed by atoms with Crippen LogP contribution < -0.4 is 0 Å². The standard InChI is InChI=1S/C24H44O4/c1-3-5-7-8-9-10-11-17-21-24(27)28-22(18-14-6-4-2)19-15-12-13-16-20-23(25)26/h14,18,22H,3-13,15-17,19-21H2,1-2H3,(H,25,26)/b18-14-. The Morgan fingerprint density at radius 2 is 1.36 bits per heavy atom. The lowest BCUT2D eigenvalue weighted by atomic mass is 10.1. The molecule has 0 aromatic rings. The molecule has 0 spiro atoms. The smallest absolute Gasteiger partial charge is 0.306 e. The Kier molecular flexibility index (Phi) is 19.5. The van der Waals surface area contributed by atoms with Crippen molar-refractivity contribution < 1.29 is 19.4 Å². The van der Waals surface area contributed by atoms with E-state index >= 15 is 0 Å². The van der Waals surface area contributed by atoms with Gasteiger partial charge in [0, 0.05) is 12.8 Å². The molecule has 0 rings (SSSR count). The number of hydrogen-bond acceptors (Lipinski definition) is 3. The molecule has 0 aliphatic rings. The van der Waals surface area contributed by atoms with Crippen molar-refractivity contribution in [2.45, 2.75) is 129 Å². The van der Waals surface area contributed by atoms with Crippen LogP contribution in [-0.4, -0.2) is 23.1 Å². The SMILES string of the molecule is CCC/C=C\C(CCCCCCC(=O)O)OC(=O)CCCCCCCCCC. The summed E-state index contributed by atoms with van der Waals surface area (Å²) in [6.45, 7) is 4.37. The summed E-state index contributed by atoms with van der Waals surface area (Å²) < 4.78 is 5.68. The van der Waals surface area contributed by atoms with Crippen molar-refractivity contribution in [1.82, 2.24) is 0 Å². The fourth-order valence-corrected chi connectivity index (χ4v) is 3.22. The number of esters is 1. The van der Waals surface area contributed by atoms with Crippen LogP contribution in [0.4, 0.5) is 0 Å². The van der Waals surface area contributed by atoms with Gasteiger partial charge in [0.2, 0.25) is 0 Å². The van der Waals surface area contributed by atoms with Gasteiger partial charge >= 0.3 is 11.9 Å². The van der Waals surface area contributed by atoms with Crippen molar-refractivity contribution in [3.05, 3.63) is 12.2 Å². The first-order valence-electron chi connectivity index (χ1n) is 11.7. The Morgan fingerprint density at radius 3 is 1.96 bits per heavy atom. The van der Waals surface area contributed by atoms with Crippen LogP contribution in [0, 0.1) is 0 Å². The fraction of sp³-hybridized carbons (Fsp3) is 0.833. The second-order valence-electron chi connectivity index (χ2n) is 7.82. The van der Waals surface area contributed by atoms with E-state index in [0.717, 1.165) is 57.8 Å². The lowest BCUT2D eigenvalue weighted by molar-refractivity contribution is -0.147. The molecule has 0 bridgehead atoms. The predicted molar refractivity (Wildman–Crippen MR) is 116 cm³/mol. The van der Waals surface area contributed by atoms with Crippen LogP contribution in [0.1, 0.15) is 123 Å². The van der Waals surface area contributed by atoms with Gasteiger partial charge in [-0.15, -0.1) is 0 Å². The van der Waals surface area contributed by atoms with Crippen LogP contribution in [0.15, 0.2) is 12.2 Å². The Balaban J connectivity index is 3.94. The van der Waals surface area contributed by atoms with Crippen LogP contribution in [0.5, 0.6) is 0 Å². The molecule has 1 unspecified atom stereocenters. The molecule has 0 amide bonds. The van der Waals surface area contributed by atoms with E-state index in [4.69, 9.17) is 9.84 Å². The summed E-state index contributed by atoms with van der Waals surface area (Å²) in [5.41, 5.74) is 0. The van der Waals surface area contributed by atoms with Crippen molar-refractivity contribution >= 4 is 11.9 Å². The predicted octanol–water partition coefficient (Wildman–Crippen LogP) is 7.21. The zero-order valence-corrected chi connectivity index (χ0v) is 18.4. The van der Waals surface area contributed by atoms with Crippen molar-refractivity contribution in [3.8, 4) is 0 Å². The van der Waals surface area contributed by atoms with Gasteiger partial charge in [-0.25, -0.2) is 0 Å². The third-order valence-electron chi connectivity index (χ3n) is 4.95. The lowest BCUT2D eigenvalue weighted by Crippen LogP contribution is -2.16. The molecule has 164 valence electrons. The summed E-state index contributed by atoms with van der Waals surface area (Å²) in [5, 5.41) is 8.66. The highest BCUT2D eigenvalue weighted by atomic mass is 16.5. The number of carbonyl (C=O) groups excluding carboxylic acids is 1. The highest BCUT2D eigenvalue weighted by Gasteiger charge is 2.11. The molecule has 28 heavy (non-hydrogen) atoms. The Hall–Kier alpha value is -1.32. The molecule has 0 fully saturated rings. The van der Waals surface area contributed by atoms with Gasteiger partial charge in [-0.3, -0.25) is 9.59 Å². The third-order valence-corrected chi connectivity index (χ3v) is 4.95. The highest BCUT2D eigenvalue weighted by Crippen LogP contribution is 2.14. The fourth-order valence-electron chi connectivity index (χ4n) is 3.22. The van der Waals surface area contributed by atoms with E-state index in [9.17, 15) is 9.59 Å².